The Labute approximate surface area is 153 Å². The van der Waals surface area contributed by atoms with Crippen LogP contribution in [-0.2, 0) is 12.8 Å². The zero-order valence-corrected chi connectivity index (χ0v) is 15.7. The summed E-state index contributed by atoms with van der Waals surface area (Å²) in [7, 11) is 3.13. The minimum atomic E-state index is 0.140. The zero-order valence-electron chi connectivity index (χ0n) is 15.7. The lowest BCUT2D eigenvalue weighted by Crippen LogP contribution is -2.42. The number of rotatable bonds is 3. The number of phenolic OH excluding ortho intramolecular Hbond substituents is 2. The van der Waals surface area contributed by atoms with E-state index in [-0.39, 0.29) is 17.5 Å². The van der Waals surface area contributed by atoms with E-state index in [2.05, 4.69) is 18.7 Å². The van der Waals surface area contributed by atoms with Gasteiger partial charge in [-0.15, -0.1) is 0 Å². The van der Waals surface area contributed by atoms with Crippen molar-refractivity contribution in [3.05, 3.63) is 34.9 Å². The van der Waals surface area contributed by atoms with E-state index in [0.717, 1.165) is 36.1 Å². The maximum atomic E-state index is 10.6. The normalized spacial score (nSPS) is 18.4. The number of hydrogen-bond acceptors (Lipinski definition) is 5. The molecule has 4 rings (SSSR count). The lowest BCUT2D eigenvalue weighted by Gasteiger charge is -2.44. The molecule has 2 N–H and O–H groups in total. The molecule has 2 aromatic carbocycles. The van der Waals surface area contributed by atoms with Crippen LogP contribution in [0.3, 0.4) is 0 Å². The summed E-state index contributed by atoms with van der Waals surface area (Å²) in [6, 6.07) is 6.11. The highest BCUT2D eigenvalue weighted by Crippen LogP contribution is 2.54. The SMILES string of the molecule is COc1cc2c(cc1O)CC1c3c(cc(O)c(OC)c3-2)CCN1C(C)C. The molecule has 1 heterocycles. The van der Waals surface area contributed by atoms with Gasteiger partial charge in [-0.2, -0.15) is 0 Å². The fourth-order valence-electron chi connectivity index (χ4n) is 4.57. The van der Waals surface area contributed by atoms with Gasteiger partial charge in [-0.1, -0.05) is 0 Å². The smallest absolute Gasteiger partial charge is 0.168 e. The Kier molecular flexibility index (Phi) is 3.99. The van der Waals surface area contributed by atoms with Crippen LogP contribution in [0.1, 0.15) is 36.6 Å². The second kappa shape index (κ2) is 6.09. The van der Waals surface area contributed by atoms with Crippen molar-refractivity contribution in [1.82, 2.24) is 4.90 Å². The molecular weight excluding hydrogens is 330 g/mol. The molecule has 0 bridgehead atoms. The summed E-state index contributed by atoms with van der Waals surface area (Å²) in [5.41, 5.74) is 5.35. The molecule has 0 saturated carbocycles. The second-order valence-corrected chi connectivity index (χ2v) is 7.36. The van der Waals surface area contributed by atoms with Gasteiger partial charge in [0.2, 0.25) is 0 Å². The van der Waals surface area contributed by atoms with E-state index < -0.39 is 0 Å². The summed E-state index contributed by atoms with van der Waals surface area (Å²) < 4.78 is 10.9. The van der Waals surface area contributed by atoms with Crippen LogP contribution in [-0.4, -0.2) is 41.9 Å². The Morgan fingerprint density at radius 1 is 1.04 bits per heavy atom. The average Bonchev–Trinajstić information content (AvgIpc) is 2.60. The van der Waals surface area contributed by atoms with Crippen molar-refractivity contribution in [1.29, 1.82) is 0 Å². The summed E-state index contributed by atoms with van der Waals surface area (Å²) in [6.45, 7) is 5.38. The van der Waals surface area contributed by atoms with Crippen molar-refractivity contribution >= 4 is 0 Å². The van der Waals surface area contributed by atoms with Crippen LogP contribution in [0.4, 0.5) is 0 Å². The van der Waals surface area contributed by atoms with Crippen LogP contribution in [0, 0.1) is 0 Å². The molecule has 1 atom stereocenters. The maximum absolute atomic E-state index is 10.6. The van der Waals surface area contributed by atoms with Crippen molar-refractivity contribution in [2.45, 2.75) is 38.8 Å². The zero-order chi connectivity index (χ0) is 18.6. The molecule has 5 heteroatoms. The van der Waals surface area contributed by atoms with Crippen LogP contribution in [0.2, 0.25) is 0 Å². The predicted octanol–water partition coefficient (Wildman–Crippen LogP) is 3.65. The molecule has 0 aromatic heterocycles. The van der Waals surface area contributed by atoms with Crippen LogP contribution >= 0.6 is 0 Å². The fourth-order valence-corrected chi connectivity index (χ4v) is 4.57. The number of aromatic hydroxyl groups is 2. The molecule has 26 heavy (non-hydrogen) atoms. The monoisotopic (exact) mass is 355 g/mol. The predicted molar refractivity (Wildman–Crippen MR) is 100 cm³/mol. The lowest BCUT2D eigenvalue weighted by molar-refractivity contribution is 0.140. The average molecular weight is 355 g/mol. The van der Waals surface area contributed by atoms with E-state index in [1.165, 1.54) is 11.1 Å². The molecule has 1 aliphatic heterocycles. The van der Waals surface area contributed by atoms with Crippen LogP contribution in [0.5, 0.6) is 23.0 Å². The van der Waals surface area contributed by atoms with Gasteiger partial charge in [0.05, 0.1) is 14.2 Å². The molecule has 138 valence electrons. The van der Waals surface area contributed by atoms with Crippen LogP contribution in [0.15, 0.2) is 18.2 Å². The molecule has 2 aliphatic rings. The highest BCUT2D eigenvalue weighted by Gasteiger charge is 2.38. The summed E-state index contributed by atoms with van der Waals surface area (Å²) in [5, 5.41) is 20.8. The third kappa shape index (κ3) is 2.34. The Balaban J connectivity index is 2.04. The number of nitrogens with zero attached hydrogens (tertiary/aromatic N) is 1. The van der Waals surface area contributed by atoms with Crippen molar-refractivity contribution < 1.29 is 19.7 Å². The fraction of sp³-hybridized carbons (Fsp3) is 0.429. The number of benzene rings is 2. The summed E-state index contributed by atoms with van der Waals surface area (Å²) in [4.78, 5) is 2.49. The number of ether oxygens (including phenoxy) is 2. The van der Waals surface area contributed by atoms with Gasteiger partial charge in [-0.3, -0.25) is 4.90 Å². The first kappa shape index (κ1) is 17.0. The summed E-state index contributed by atoms with van der Waals surface area (Å²) >= 11 is 0. The number of fused-ring (bicyclic) bond motifs is 2. The van der Waals surface area contributed by atoms with Gasteiger partial charge in [-0.05, 0) is 67.1 Å². The van der Waals surface area contributed by atoms with Gasteiger partial charge in [0.25, 0.3) is 0 Å². The summed E-state index contributed by atoms with van der Waals surface area (Å²) in [5.74, 6) is 1.23. The third-order valence-electron chi connectivity index (χ3n) is 5.71. The molecule has 0 saturated heterocycles. The minimum absolute atomic E-state index is 0.140. The van der Waals surface area contributed by atoms with Gasteiger partial charge in [0.15, 0.2) is 23.0 Å². The number of methoxy groups -OCH3 is 2. The molecule has 5 nitrogen and oxygen atoms in total. The first-order chi connectivity index (χ1) is 12.5. The molecule has 0 spiro atoms. The van der Waals surface area contributed by atoms with Crippen molar-refractivity contribution in [2.24, 2.45) is 0 Å². The second-order valence-electron chi connectivity index (χ2n) is 7.36. The van der Waals surface area contributed by atoms with E-state index in [1.807, 2.05) is 12.1 Å². The van der Waals surface area contributed by atoms with Gasteiger partial charge < -0.3 is 19.7 Å². The van der Waals surface area contributed by atoms with E-state index in [0.29, 0.717) is 17.5 Å². The van der Waals surface area contributed by atoms with E-state index in [1.54, 1.807) is 20.3 Å². The minimum Gasteiger partial charge on any atom is -0.504 e. The maximum Gasteiger partial charge on any atom is 0.168 e. The van der Waals surface area contributed by atoms with Gasteiger partial charge in [-0.25, -0.2) is 0 Å². The molecule has 0 radical (unpaired) electrons. The Hall–Kier alpha value is -2.40. The van der Waals surface area contributed by atoms with E-state index in [4.69, 9.17) is 9.47 Å². The molecule has 1 aliphatic carbocycles. The van der Waals surface area contributed by atoms with E-state index in [9.17, 15) is 10.2 Å². The largest absolute Gasteiger partial charge is 0.504 e. The van der Waals surface area contributed by atoms with Gasteiger partial charge >= 0.3 is 0 Å². The highest BCUT2D eigenvalue weighted by molar-refractivity contribution is 5.84. The molecule has 0 amide bonds. The van der Waals surface area contributed by atoms with Crippen molar-refractivity contribution in [2.75, 3.05) is 20.8 Å². The highest BCUT2D eigenvalue weighted by atomic mass is 16.5. The van der Waals surface area contributed by atoms with Crippen molar-refractivity contribution in [3.63, 3.8) is 0 Å². The topological polar surface area (TPSA) is 62.2 Å². The molecule has 1 unspecified atom stereocenters. The third-order valence-corrected chi connectivity index (χ3v) is 5.71. The van der Waals surface area contributed by atoms with E-state index >= 15 is 0 Å². The quantitative estimate of drug-likeness (QED) is 0.880. The Morgan fingerprint density at radius 3 is 2.42 bits per heavy atom. The summed E-state index contributed by atoms with van der Waals surface area (Å²) in [6.07, 6.45) is 1.72. The first-order valence-electron chi connectivity index (χ1n) is 9.05. The van der Waals surface area contributed by atoms with Gasteiger partial charge in [0.1, 0.15) is 0 Å². The molecule has 0 fully saturated rings. The lowest BCUT2D eigenvalue weighted by atomic mass is 9.76. The van der Waals surface area contributed by atoms with Gasteiger partial charge in [0, 0.05) is 24.2 Å². The molecular formula is C21H25NO4. The number of phenols is 2. The van der Waals surface area contributed by atoms with Crippen LogP contribution < -0.4 is 9.47 Å². The Morgan fingerprint density at radius 2 is 1.77 bits per heavy atom. The number of hydrogen-bond donors (Lipinski definition) is 2. The Bertz CT molecular complexity index is 875. The van der Waals surface area contributed by atoms with Crippen molar-refractivity contribution in [3.8, 4) is 34.1 Å². The first-order valence-corrected chi connectivity index (χ1v) is 9.05. The molecule has 2 aromatic rings. The standard InChI is InChI=1S/C21H25NO4/c1-11(2)22-6-5-12-8-17(24)21(26-4)20-14-10-18(25-3)16(23)9-13(14)7-15(22)19(12)20/h8-11,15,23-24H,5-7H2,1-4H3. The van der Waals surface area contributed by atoms with Crippen LogP contribution in [0.25, 0.3) is 11.1 Å².